The van der Waals surface area contributed by atoms with Crippen LogP contribution in [0.3, 0.4) is 0 Å². The van der Waals surface area contributed by atoms with Gasteiger partial charge in [-0.3, -0.25) is 19.3 Å². The number of ether oxygens (including phenoxy) is 1. The maximum Gasteiger partial charge on any atom is 0.270 e. The van der Waals surface area contributed by atoms with Crippen LogP contribution in [0.15, 0.2) is 47.2 Å². The van der Waals surface area contributed by atoms with E-state index in [0.29, 0.717) is 46.5 Å². The first-order valence-electron chi connectivity index (χ1n) is 9.39. The van der Waals surface area contributed by atoms with Crippen LogP contribution in [-0.4, -0.2) is 35.7 Å². The molecule has 1 aromatic carbocycles. The number of para-hydroxylation sites is 1. The SMILES string of the molecule is CC(=O)NCCCN(C(=O)c1cccs1)c1nc(C2Oc3ccccc3C2=O)cs1. The molecule has 0 saturated carbocycles. The lowest BCUT2D eigenvalue weighted by molar-refractivity contribution is -0.118. The van der Waals surface area contributed by atoms with E-state index in [4.69, 9.17) is 4.74 Å². The van der Waals surface area contributed by atoms with E-state index in [2.05, 4.69) is 10.3 Å². The van der Waals surface area contributed by atoms with Gasteiger partial charge in [0.25, 0.3) is 5.91 Å². The topological polar surface area (TPSA) is 88.6 Å². The average molecular weight is 442 g/mol. The molecule has 30 heavy (non-hydrogen) atoms. The first-order valence-corrected chi connectivity index (χ1v) is 11.2. The molecule has 0 bridgehead atoms. The van der Waals surface area contributed by atoms with E-state index in [0.717, 1.165) is 0 Å². The number of thiazole rings is 1. The lowest BCUT2D eigenvalue weighted by Crippen LogP contribution is -2.33. The highest BCUT2D eigenvalue weighted by Gasteiger charge is 2.35. The molecule has 154 valence electrons. The molecule has 7 nitrogen and oxygen atoms in total. The van der Waals surface area contributed by atoms with Crippen molar-refractivity contribution in [1.29, 1.82) is 0 Å². The number of nitrogens with zero attached hydrogens (tertiary/aromatic N) is 2. The van der Waals surface area contributed by atoms with Crippen molar-refractivity contribution < 1.29 is 19.1 Å². The lowest BCUT2D eigenvalue weighted by Gasteiger charge is -2.19. The Kier molecular flexibility index (Phi) is 5.91. The summed E-state index contributed by atoms with van der Waals surface area (Å²) in [4.78, 5) is 43.6. The van der Waals surface area contributed by atoms with Crippen LogP contribution in [0.25, 0.3) is 0 Å². The zero-order valence-corrected chi connectivity index (χ0v) is 17.8. The Hall–Kier alpha value is -3.04. The Labute approximate surface area is 181 Å². The number of anilines is 1. The van der Waals surface area contributed by atoms with Crippen LogP contribution in [-0.2, 0) is 4.79 Å². The van der Waals surface area contributed by atoms with E-state index < -0.39 is 6.10 Å². The van der Waals surface area contributed by atoms with Crippen LogP contribution < -0.4 is 15.0 Å². The number of rotatable bonds is 7. The molecule has 0 aliphatic carbocycles. The minimum atomic E-state index is -0.800. The highest BCUT2D eigenvalue weighted by atomic mass is 32.1. The van der Waals surface area contributed by atoms with Crippen molar-refractivity contribution in [2.75, 3.05) is 18.0 Å². The molecule has 4 rings (SSSR count). The summed E-state index contributed by atoms with van der Waals surface area (Å²) in [7, 11) is 0. The normalized spacial score (nSPS) is 14.8. The van der Waals surface area contributed by atoms with Gasteiger partial charge in [-0.25, -0.2) is 4.98 Å². The molecule has 9 heteroatoms. The molecule has 1 atom stereocenters. The Morgan fingerprint density at radius 3 is 2.77 bits per heavy atom. The van der Waals surface area contributed by atoms with Crippen LogP contribution >= 0.6 is 22.7 Å². The third-order valence-electron chi connectivity index (χ3n) is 4.55. The number of fused-ring (bicyclic) bond motifs is 1. The molecule has 1 unspecified atom stereocenters. The van der Waals surface area contributed by atoms with Crippen molar-refractivity contribution in [3.63, 3.8) is 0 Å². The van der Waals surface area contributed by atoms with Gasteiger partial charge in [-0.15, -0.1) is 22.7 Å². The van der Waals surface area contributed by atoms with Gasteiger partial charge in [-0.1, -0.05) is 18.2 Å². The quantitative estimate of drug-likeness (QED) is 0.565. The van der Waals surface area contributed by atoms with Crippen LogP contribution in [0.2, 0.25) is 0 Å². The van der Waals surface area contributed by atoms with Gasteiger partial charge in [0.2, 0.25) is 17.8 Å². The van der Waals surface area contributed by atoms with E-state index in [-0.39, 0.29) is 17.6 Å². The molecular formula is C21H19N3O4S2. The summed E-state index contributed by atoms with van der Waals surface area (Å²) >= 11 is 2.65. The van der Waals surface area contributed by atoms with Gasteiger partial charge >= 0.3 is 0 Å². The van der Waals surface area contributed by atoms with Crippen molar-refractivity contribution in [3.05, 3.63) is 63.3 Å². The van der Waals surface area contributed by atoms with Crippen molar-refractivity contribution >= 4 is 45.4 Å². The van der Waals surface area contributed by atoms with E-state index >= 15 is 0 Å². The minimum Gasteiger partial charge on any atom is -0.475 e. The first kappa shape index (κ1) is 20.2. The second-order valence-corrected chi connectivity index (χ2v) is 8.47. The third kappa shape index (κ3) is 4.12. The Balaban J connectivity index is 1.54. The average Bonchev–Trinajstić information content (AvgIpc) is 3.48. The standard InChI is InChI=1S/C21H19N3O4S2/c1-13(25)22-9-5-10-24(20(27)17-8-4-11-29-17)21-23-15(12-30-21)19-18(26)14-6-2-3-7-16(14)28-19/h2-4,6-8,11-12,19H,5,9-10H2,1H3,(H,22,25). The molecule has 1 aliphatic rings. The Morgan fingerprint density at radius 1 is 1.20 bits per heavy atom. The van der Waals surface area contributed by atoms with Gasteiger partial charge in [0.1, 0.15) is 11.4 Å². The number of carbonyl (C=O) groups is 3. The number of hydrogen-bond donors (Lipinski definition) is 1. The van der Waals surface area contributed by atoms with Crippen molar-refractivity contribution in [2.24, 2.45) is 0 Å². The summed E-state index contributed by atoms with van der Waals surface area (Å²) in [5, 5.41) is 6.84. The van der Waals surface area contributed by atoms with E-state index in [1.54, 1.807) is 34.5 Å². The van der Waals surface area contributed by atoms with Gasteiger partial charge in [-0.05, 0) is 30.0 Å². The predicted octanol–water partition coefficient (Wildman–Crippen LogP) is 3.69. The van der Waals surface area contributed by atoms with Crippen LogP contribution in [0.5, 0.6) is 5.75 Å². The zero-order chi connectivity index (χ0) is 21.1. The minimum absolute atomic E-state index is 0.112. The Bertz CT molecular complexity index is 1080. The maximum absolute atomic E-state index is 13.0. The number of amides is 2. The zero-order valence-electron chi connectivity index (χ0n) is 16.2. The number of ketones is 1. The summed E-state index contributed by atoms with van der Waals surface area (Å²) in [6, 6.07) is 10.7. The highest BCUT2D eigenvalue weighted by molar-refractivity contribution is 7.14. The van der Waals surface area contributed by atoms with Gasteiger partial charge in [0.05, 0.1) is 10.4 Å². The van der Waals surface area contributed by atoms with E-state index in [9.17, 15) is 14.4 Å². The second-order valence-electron chi connectivity index (χ2n) is 6.68. The molecule has 1 aliphatic heterocycles. The number of hydrogen-bond acceptors (Lipinski definition) is 7. The summed E-state index contributed by atoms with van der Waals surface area (Å²) in [6.45, 7) is 2.31. The smallest absolute Gasteiger partial charge is 0.270 e. The number of carbonyl (C=O) groups excluding carboxylic acids is 3. The molecule has 2 aromatic heterocycles. The third-order valence-corrected chi connectivity index (χ3v) is 6.29. The molecule has 2 amide bonds. The van der Waals surface area contributed by atoms with E-state index in [1.165, 1.54) is 29.6 Å². The maximum atomic E-state index is 13.0. The van der Waals surface area contributed by atoms with Crippen molar-refractivity contribution in [2.45, 2.75) is 19.4 Å². The monoisotopic (exact) mass is 441 g/mol. The molecule has 1 N–H and O–H groups in total. The lowest BCUT2D eigenvalue weighted by atomic mass is 10.1. The van der Waals surface area contributed by atoms with E-state index in [1.807, 2.05) is 17.5 Å². The number of aromatic nitrogens is 1. The fraction of sp³-hybridized carbons (Fsp3) is 0.238. The molecular weight excluding hydrogens is 422 g/mol. The molecule has 3 aromatic rings. The Morgan fingerprint density at radius 2 is 2.03 bits per heavy atom. The van der Waals surface area contributed by atoms with Gasteiger partial charge in [0.15, 0.2) is 5.13 Å². The highest BCUT2D eigenvalue weighted by Crippen LogP contribution is 2.37. The fourth-order valence-electron chi connectivity index (χ4n) is 3.13. The van der Waals surface area contributed by atoms with Gasteiger partial charge in [-0.2, -0.15) is 0 Å². The van der Waals surface area contributed by atoms with Crippen molar-refractivity contribution in [3.8, 4) is 5.75 Å². The molecule has 0 spiro atoms. The fourth-order valence-corrected chi connectivity index (χ4v) is 4.66. The number of thiophene rings is 1. The number of benzene rings is 1. The first-order chi connectivity index (χ1) is 14.5. The predicted molar refractivity (Wildman–Crippen MR) is 116 cm³/mol. The second kappa shape index (κ2) is 8.76. The summed E-state index contributed by atoms with van der Waals surface area (Å²) in [6.07, 6.45) is -0.221. The summed E-state index contributed by atoms with van der Waals surface area (Å²) in [5.41, 5.74) is 1.03. The van der Waals surface area contributed by atoms with Crippen LogP contribution in [0.4, 0.5) is 5.13 Å². The summed E-state index contributed by atoms with van der Waals surface area (Å²) in [5.74, 6) is 0.142. The van der Waals surface area contributed by atoms with Crippen molar-refractivity contribution in [1.82, 2.24) is 10.3 Å². The number of Topliss-reactive ketones (excluding diaryl/α,β-unsaturated/α-hetero) is 1. The molecule has 0 saturated heterocycles. The van der Waals surface area contributed by atoms with Gasteiger partial charge in [0, 0.05) is 25.4 Å². The number of nitrogens with one attached hydrogen (secondary N) is 1. The molecule has 3 heterocycles. The van der Waals surface area contributed by atoms with Crippen LogP contribution in [0, 0.1) is 0 Å². The largest absolute Gasteiger partial charge is 0.475 e. The van der Waals surface area contributed by atoms with Gasteiger partial charge < -0.3 is 10.1 Å². The summed E-state index contributed by atoms with van der Waals surface area (Å²) < 4.78 is 5.80. The molecule has 0 fully saturated rings. The molecule has 0 radical (unpaired) electrons. The van der Waals surface area contributed by atoms with Crippen LogP contribution in [0.1, 0.15) is 45.2 Å².